The maximum atomic E-state index is 8.55. The van der Waals surface area contributed by atoms with Gasteiger partial charge in [-0.15, -0.1) is 6.42 Å². The van der Waals surface area contributed by atoms with Crippen LogP contribution in [-0.4, -0.2) is 18.3 Å². The van der Waals surface area contributed by atoms with E-state index in [0.717, 1.165) is 5.56 Å². The number of ether oxygens (including phenoxy) is 1. The molecule has 0 saturated carbocycles. The molecule has 0 aromatic carbocycles. The largest absolute Gasteiger partial charge is 0.472 e. The minimum atomic E-state index is -0.433. The Bertz CT molecular complexity index is 348. The lowest BCUT2D eigenvalue weighted by Crippen LogP contribution is -2.01. The van der Waals surface area contributed by atoms with Crippen molar-refractivity contribution in [3.63, 3.8) is 0 Å². The van der Waals surface area contributed by atoms with E-state index in [0.29, 0.717) is 0 Å². The van der Waals surface area contributed by atoms with Crippen LogP contribution in [0.1, 0.15) is 11.7 Å². The van der Waals surface area contributed by atoms with Gasteiger partial charge in [-0.2, -0.15) is 0 Å². The normalized spacial score (nSPS) is 11.1. The van der Waals surface area contributed by atoms with Crippen LogP contribution in [0, 0.1) is 24.2 Å². The van der Waals surface area contributed by atoms with E-state index in [2.05, 4.69) is 17.8 Å². The molecule has 0 aliphatic heterocycles. The summed E-state index contributed by atoms with van der Waals surface area (Å²) in [7, 11) is 0. The molecule has 1 rings (SSSR count). The summed E-state index contributed by atoms with van der Waals surface area (Å²) in [6.45, 7) is -0.0241. The van der Waals surface area contributed by atoms with Crippen molar-refractivity contribution in [2.45, 2.75) is 6.10 Å². The van der Waals surface area contributed by atoms with Crippen LogP contribution in [-0.2, 0) is 4.74 Å². The Kier molecular flexibility index (Phi) is 4.37. The molecule has 0 spiro atoms. The SMILES string of the molecule is C#CCO[C@@H](C#CCO)c1ccoc1. The van der Waals surface area contributed by atoms with Gasteiger partial charge in [-0.3, -0.25) is 0 Å². The molecule has 1 aromatic rings. The molecule has 1 heterocycles. The second-order valence-electron chi connectivity index (χ2n) is 2.43. The number of aliphatic hydroxyl groups excluding tert-OH is 1. The van der Waals surface area contributed by atoms with Crippen molar-refractivity contribution in [2.75, 3.05) is 13.2 Å². The molecular formula is C11H10O3. The van der Waals surface area contributed by atoms with Gasteiger partial charge in [0.1, 0.15) is 19.3 Å². The maximum Gasteiger partial charge on any atom is 0.147 e. The molecule has 1 atom stereocenters. The van der Waals surface area contributed by atoms with Crippen LogP contribution in [0.4, 0.5) is 0 Å². The lowest BCUT2D eigenvalue weighted by Gasteiger charge is -2.06. The first-order chi connectivity index (χ1) is 6.88. The molecular weight excluding hydrogens is 180 g/mol. The number of aliphatic hydroxyl groups is 1. The Hall–Kier alpha value is -1.68. The van der Waals surface area contributed by atoms with Gasteiger partial charge in [-0.1, -0.05) is 17.8 Å². The highest BCUT2D eigenvalue weighted by atomic mass is 16.5. The first-order valence-electron chi connectivity index (χ1n) is 4.05. The Balaban J connectivity index is 2.68. The fraction of sp³-hybridized carbons (Fsp3) is 0.273. The number of hydrogen-bond acceptors (Lipinski definition) is 3. The van der Waals surface area contributed by atoms with E-state index in [1.54, 1.807) is 6.07 Å². The standard InChI is InChI=1S/C11H10O3/c1-2-7-14-11(4-3-6-12)10-5-8-13-9-10/h1,5,8-9,11-12H,6-7H2/t11-/m0/s1. The van der Waals surface area contributed by atoms with E-state index in [-0.39, 0.29) is 13.2 Å². The third-order valence-electron chi connectivity index (χ3n) is 1.49. The van der Waals surface area contributed by atoms with Crippen molar-refractivity contribution in [3.8, 4) is 24.2 Å². The molecule has 3 heteroatoms. The molecule has 72 valence electrons. The van der Waals surface area contributed by atoms with Crippen molar-refractivity contribution < 1.29 is 14.3 Å². The molecule has 0 aliphatic rings. The Morgan fingerprint density at radius 3 is 3.07 bits per heavy atom. The smallest absolute Gasteiger partial charge is 0.147 e. The third kappa shape index (κ3) is 2.99. The van der Waals surface area contributed by atoms with Gasteiger partial charge in [-0.05, 0) is 6.07 Å². The number of rotatable bonds is 3. The fourth-order valence-corrected chi connectivity index (χ4v) is 0.915. The molecule has 1 aromatic heterocycles. The molecule has 0 saturated heterocycles. The molecule has 0 bridgehead atoms. The monoisotopic (exact) mass is 190 g/mol. The van der Waals surface area contributed by atoms with Crippen LogP contribution < -0.4 is 0 Å². The average Bonchev–Trinajstić information content (AvgIpc) is 2.71. The zero-order valence-electron chi connectivity index (χ0n) is 7.56. The Labute approximate surface area is 82.7 Å². The highest BCUT2D eigenvalue weighted by molar-refractivity contribution is 5.21. The fourth-order valence-electron chi connectivity index (χ4n) is 0.915. The van der Waals surface area contributed by atoms with E-state index in [9.17, 15) is 0 Å². The van der Waals surface area contributed by atoms with Crippen LogP contribution in [0.15, 0.2) is 23.0 Å². The molecule has 3 nitrogen and oxygen atoms in total. The number of furan rings is 1. The lowest BCUT2D eigenvalue weighted by atomic mass is 10.2. The summed E-state index contributed by atoms with van der Waals surface area (Å²) in [5, 5.41) is 8.55. The van der Waals surface area contributed by atoms with E-state index < -0.39 is 6.10 Å². The van der Waals surface area contributed by atoms with Gasteiger partial charge in [0, 0.05) is 5.56 Å². The van der Waals surface area contributed by atoms with E-state index >= 15 is 0 Å². The first kappa shape index (κ1) is 10.4. The molecule has 0 aliphatic carbocycles. The topological polar surface area (TPSA) is 42.6 Å². The van der Waals surface area contributed by atoms with Gasteiger partial charge in [0.2, 0.25) is 0 Å². The summed E-state index contributed by atoms with van der Waals surface area (Å²) < 4.78 is 10.2. The maximum absolute atomic E-state index is 8.55. The average molecular weight is 190 g/mol. The van der Waals surface area contributed by atoms with E-state index in [1.165, 1.54) is 12.5 Å². The van der Waals surface area contributed by atoms with Crippen molar-refractivity contribution in [2.24, 2.45) is 0 Å². The summed E-state index contributed by atoms with van der Waals surface area (Å²) in [5.41, 5.74) is 0.793. The van der Waals surface area contributed by atoms with Crippen LogP contribution in [0.2, 0.25) is 0 Å². The highest BCUT2D eigenvalue weighted by Crippen LogP contribution is 2.16. The predicted octanol–water partition coefficient (Wildman–Crippen LogP) is 0.966. The number of terminal acetylenes is 1. The summed E-state index contributed by atoms with van der Waals surface area (Å²) in [6, 6.07) is 1.74. The van der Waals surface area contributed by atoms with Gasteiger partial charge in [0.25, 0.3) is 0 Å². The van der Waals surface area contributed by atoms with E-state index in [4.69, 9.17) is 20.7 Å². The molecule has 1 N–H and O–H groups in total. The zero-order chi connectivity index (χ0) is 10.2. The third-order valence-corrected chi connectivity index (χ3v) is 1.49. The first-order valence-corrected chi connectivity index (χ1v) is 4.05. The molecule has 0 amide bonds. The van der Waals surface area contributed by atoms with Gasteiger partial charge >= 0.3 is 0 Å². The highest BCUT2D eigenvalue weighted by Gasteiger charge is 2.08. The van der Waals surface area contributed by atoms with E-state index in [1.807, 2.05) is 0 Å². The summed E-state index contributed by atoms with van der Waals surface area (Å²) in [6.07, 6.45) is 7.69. The summed E-state index contributed by atoms with van der Waals surface area (Å²) >= 11 is 0. The van der Waals surface area contributed by atoms with Crippen molar-refractivity contribution in [1.82, 2.24) is 0 Å². The minimum Gasteiger partial charge on any atom is -0.472 e. The van der Waals surface area contributed by atoms with Crippen LogP contribution in [0.25, 0.3) is 0 Å². The molecule has 0 radical (unpaired) electrons. The second-order valence-corrected chi connectivity index (χ2v) is 2.43. The van der Waals surface area contributed by atoms with Crippen LogP contribution >= 0.6 is 0 Å². The van der Waals surface area contributed by atoms with Gasteiger partial charge < -0.3 is 14.3 Å². The van der Waals surface area contributed by atoms with Crippen molar-refractivity contribution >= 4 is 0 Å². The van der Waals surface area contributed by atoms with Gasteiger partial charge in [-0.25, -0.2) is 0 Å². The van der Waals surface area contributed by atoms with Gasteiger partial charge in [0.05, 0.1) is 12.5 Å². The summed E-state index contributed by atoms with van der Waals surface area (Å²) in [4.78, 5) is 0. The second kappa shape index (κ2) is 5.88. The Morgan fingerprint density at radius 2 is 2.50 bits per heavy atom. The minimum absolute atomic E-state index is 0.177. The summed E-state index contributed by atoms with van der Waals surface area (Å²) in [5.74, 6) is 7.60. The number of hydrogen-bond donors (Lipinski definition) is 1. The van der Waals surface area contributed by atoms with Crippen molar-refractivity contribution in [1.29, 1.82) is 0 Å². The molecule has 14 heavy (non-hydrogen) atoms. The molecule has 0 fully saturated rings. The zero-order valence-corrected chi connectivity index (χ0v) is 7.56. The lowest BCUT2D eigenvalue weighted by molar-refractivity contribution is 0.120. The predicted molar refractivity (Wildman–Crippen MR) is 51.1 cm³/mol. The van der Waals surface area contributed by atoms with Crippen LogP contribution in [0.3, 0.4) is 0 Å². The van der Waals surface area contributed by atoms with Crippen molar-refractivity contribution in [3.05, 3.63) is 24.2 Å². The quantitative estimate of drug-likeness (QED) is 0.722. The Morgan fingerprint density at radius 1 is 1.64 bits per heavy atom. The molecule has 0 unspecified atom stereocenters. The van der Waals surface area contributed by atoms with Gasteiger partial charge in [0.15, 0.2) is 0 Å². The van der Waals surface area contributed by atoms with Crippen LogP contribution in [0.5, 0.6) is 0 Å².